The number of hydrogen-bond acceptors (Lipinski definition) is 5. The quantitative estimate of drug-likeness (QED) is 0.844. The second kappa shape index (κ2) is 5.19. The highest BCUT2D eigenvalue weighted by Crippen LogP contribution is 2.19. The molecule has 0 fully saturated rings. The summed E-state index contributed by atoms with van der Waals surface area (Å²) < 4.78 is 0. The van der Waals surface area contributed by atoms with Gasteiger partial charge in [-0.1, -0.05) is 0 Å². The molecule has 0 unspecified atom stereocenters. The summed E-state index contributed by atoms with van der Waals surface area (Å²) in [6, 6.07) is 4.50. The molecule has 2 aromatic rings. The number of carbonyl (C=O) groups is 2. The van der Waals surface area contributed by atoms with Crippen LogP contribution in [0, 0.1) is 6.92 Å². The zero-order valence-electron chi connectivity index (χ0n) is 10.4. The number of benzene rings is 1. The van der Waals surface area contributed by atoms with Gasteiger partial charge in [0.25, 0.3) is 5.91 Å². The molecule has 0 saturated heterocycles. The maximum absolute atomic E-state index is 12.0. The fourth-order valence-corrected chi connectivity index (χ4v) is 2.30. The molecule has 2 rings (SSSR count). The first kappa shape index (κ1) is 13.2. The van der Waals surface area contributed by atoms with Crippen LogP contribution in [0.2, 0.25) is 0 Å². The van der Waals surface area contributed by atoms with Crippen molar-refractivity contribution in [3.05, 3.63) is 40.4 Å². The first-order chi connectivity index (χ1) is 8.97. The molecule has 5 nitrogen and oxygen atoms in total. The Hall–Kier alpha value is -2.21. The molecule has 6 heteroatoms. The van der Waals surface area contributed by atoms with E-state index in [0.717, 1.165) is 0 Å². The number of anilines is 1. The number of aromatic nitrogens is 1. The average Bonchev–Trinajstić information content (AvgIpc) is 2.77. The van der Waals surface area contributed by atoms with Gasteiger partial charge in [0.15, 0.2) is 10.9 Å². The van der Waals surface area contributed by atoms with Gasteiger partial charge in [-0.3, -0.25) is 14.9 Å². The summed E-state index contributed by atoms with van der Waals surface area (Å²) in [6.07, 6.45) is 0. The Morgan fingerprint density at radius 2 is 2.11 bits per heavy atom. The lowest BCUT2D eigenvalue weighted by molar-refractivity contribution is 0.100. The molecule has 0 bridgehead atoms. The molecular formula is C13H12N2O3S. The number of ketones is 1. The van der Waals surface area contributed by atoms with Crippen LogP contribution in [0.5, 0.6) is 5.75 Å². The predicted molar refractivity (Wildman–Crippen MR) is 72.9 cm³/mol. The van der Waals surface area contributed by atoms with Crippen LogP contribution in [0.25, 0.3) is 0 Å². The van der Waals surface area contributed by atoms with Gasteiger partial charge in [-0.2, -0.15) is 0 Å². The van der Waals surface area contributed by atoms with Crippen LogP contribution in [0.4, 0.5) is 5.13 Å². The number of rotatable bonds is 3. The Bertz CT molecular complexity index is 649. The third-order valence-corrected chi connectivity index (χ3v) is 3.30. The maximum atomic E-state index is 12.0. The molecule has 1 aromatic heterocycles. The van der Waals surface area contributed by atoms with E-state index >= 15 is 0 Å². The van der Waals surface area contributed by atoms with E-state index < -0.39 is 0 Å². The number of Topliss-reactive ketones (excluding diaryl/α,β-unsaturated/α-hetero) is 1. The van der Waals surface area contributed by atoms with Gasteiger partial charge < -0.3 is 5.11 Å². The standard InChI is InChI=1S/C13H12N2O3S/c1-7-5-9(17)3-4-10(7)12(18)15-13-14-11(6-19-13)8(2)16/h3-6,17H,1-2H3,(H,14,15,18). The minimum absolute atomic E-state index is 0.113. The Kier molecular flexibility index (Phi) is 3.62. The Morgan fingerprint density at radius 1 is 1.37 bits per heavy atom. The highest BCUT2D eigenvalue weighted by Gasteiger charge is 2.12. The molecule has 2 N–H and O–H groups in total. The van der Waals surface area contributed by atoms with Gasteiger partial charge in [0.2, 0.25) is 0 Å². The number of phenols is 1. The molecule has 0 aliphatic rings. The molecule has 0 saturated carbocycles. The summed E-state index contributed by atoms with van der Waals surface area (Å²) in [5.74, 6) is -0.346. The zero-order valence-corrected chi connectivity index (χ0v) is 11.2. The van der Waals surface area contributed by atoms with E-state index in [9.17, 15) is 14.7 Å². The third-order valence-electron chi connectivity index (χ3n) is 2.54. The molecule has 1 heterocycles. The monoisotopic (exact) mass is 276 g/mol. The lowest BCUT2D eigenvalue weighted by Crippen LogP contribution is -2.13. The summed E-state index contributed by atoms with van der Waals surface area (Å²) >= 11 is 1.20. The van der Waals surface area contributed by atoms with Gasteiger partial charge in [-0.15, -0.1) is 11.3 Å². The van der Waals surface area contributed by atoms with E-state index in [1.54, 1.807) is 18.4 Å². The Morgan fingerprint density at radius 3 is 2.68 bits per heavy atom. The van der Waals surface area contributed by atoms with Gasteiger partial charge in [0.05, 0.1) is 0 Å². The van der Waals surface area contributed by atoms with Crippen LogP contribution in [-0.2, 0) is 0 Å². The molecule has 0 radical (unpaired) electrons. The van der Waals surface area contributed by atoms with Crippen molar-refractivity contribution in [2.24, 2.45) is 0 Å². The molecule has 19 heavy (non-hydrogen) atoms. The van der Waals surface area contributed by atoms with Crippen molar-refractivity contribution in [2.75, 3.05) is 5.32 Å². The number of aromatic hydroxyl groups is 1. The summed E-state index contributed by atoms with van der Waals surface area (Å²) in [5, 5.41) is 13.9. The predicted octanol–water partition coefficient (Wildman–Crippen LogP) is 2.61. The van der Waals surface area contributed by atoms with E-state index in [1.165, 1.54) is 30.4 Å². The molecule has 0 aliphatic carbocycles. The van der Waals surface area contributed by atoms with Gasteiger partial charge in [0, 0.05) is 17.9 Å². The molecule has 1 amide bonds. The summed E-state index contributed by atoms with van der Waals surface area (Å²) in [7, 11) is 0. The topological polar surface area (TPSA) is 79.3 Å². The normalized spacial score (nSPS) is 10.2. The van der Waals surface area contributed by atoms with Crippen molar-refractivity contribution < 1.29 is 14.7 Å². The van der Waals surface area contributed by atoms with Crippen LogP contribution >= 0.6 is 11.3 Å². The van der Waals surface area contributed by atoms with Crippen molar-refractivity contribution in [1.29, 1.82) is 0 Å². The van der Waals surface area contributed by atoms with E-state index in [0.29, 0.717) is 22.0 Å². The number of nitrogens with zero attached hydrogens (tertiary/aromatic N) is 1. The van der Waals surface area contributed by atoms with Gasteiger partial charge >= 0.3 is 0 Å². The Labute approximate surface area is 113 Å². The van der Waals surface area contributed by atoms with Crippen LogP contribution in [0.1, 0.15) is 33.3 Å². The summed E-state index contributed by atoms with van der Waals surface area (Å²) in [4.78, 5) is 27.1. The van der Waals surface area contributed by atoms with Crippen LogP contribution in [-0.4, -0.2) is 21.8 Å². The largest absolute Gasteiger partial charge is 0.508 e. The van der Waals surface area contributed by atoms with E-state index in [-0.39, 0.29) is 17.4 Å². The smallest absolute Gasteiger partial charge is 0.257 e. The molecule has 0 spiro atoms. The third kappa shape index (κ3) is 2.97. The SMILES string of the molecule is CC(=O)c1csc(NC(=O)c2ccc(O)cc2C)n1. The number of hydrogen-bond donors (Lipinski definition) is 2. The fourth-order valence-electron chi connectivity index (χ4n) is 1.56. The fraction of sp³-hybridized carbons (Fsp3) is 0.154. The number of aryl methyl sites for hydroxylation is 1. The highest BCUT2D eigenvalue weighted by atomic mass is 32.1. The van der Waals surface area contributed by atoms with Crippen molar-refractivity contribution in [3.63, 3.8) is 0 Å². The van der Waals surface area contributed by atoms with E-state index in [2.05, 4.69) is 10.3 Å². The lowest BCUT2D eigenvalue weighted by atomic mass is 10.1. The van der Waals surface area contributed by atoms with Gasteiger partial charge in [0.1, 0.15) is 11.4 Å². The first-order valence-electron chi connectivity index (χ1n) is 5.55. The van der Waals surface area contributed by atoms with Gasteiger partial charge in [-0.05, 0) is 30.7 Å². The minimum Gasteiger partial charge on any atom is -0.508 e. The second-order valence-corrected chi connectivity index (χ2v) is 4.91. The number of nitrogens with one attached hydrogen (secondary N) is 1. The summed E-state index contributed by atoms with van der Waals surface area (Å²) in [5.41, 5.74) is 1.46. The minimum atomic E-state index is -0.318. The number of amides is 1. The second-order valence-electron chi connectivity index (χ2n) is 4.05. The van der Waals surface area contributed by atoms with E-state index in [4.69, 9.17) is 0 Å². The van der Waals surface area contributed by atoms with Crippen molar-refractivity contribution >= 4 is 28.2 Å². The van der Waals surface area contributed by atoms with Crippen molar-refractivity contribution in [3.8, 4) is 5.75 Å². The van der Waals surface area contributed by atoms with E-state index in [1.807, 2.05) is 0 Å². The highest BCUT2D eigenvalue weighted by molar-refractivity contribution is 7.14. The number of phenolic OH excluding ortho intramolecular Hbond substituents is 1. The first-order valence-corrected chi connectivity index (χ1v) is 6.43. The van der Waals surface area contributed by atoms with Gasteiger partial charge in [-0.25, -0.2) is 4.98 Å². The Balaban J connectivity index is 2.18. The number of thiazole rings is 1. The molecule has 0 atom stereocenters. The van der Waals surface area contributed by atoms with Crippen LogP contribution < -0.4 is 5.32 Å². The van der Waals surface area contributed by atoms with Crippen LogP contribution in [0.15, 0.2) is 23.6 Å². The van der Waals surface area contributed by atoms with Crippen LogP contribution in [0.3, 0.4) is 0 Å². The van der Waals surface area contributed by atoms with Crippen molar-refractivity contribution in [2.45, 2.75) is 13.8 Å². The summed E-state index contributed by atoms with van der Waals surface area (Å²) in [6.45, 7) is 3.16. The van der Waals surface area contributed by atoms with Crippen molar-refractivity contribution in [1.82, 2.24) is 4.98 Å². The maximum Gasteiger partial charge on any atom is 0.257 e. The molecule has 0 aliphatic heterocycles. The average molecular weight is 276 g/mol. The lowest BCUT2D eigenvalue weighted by Gasteiger charge is -2.05. The molecule has 1 aromatic carbocycles. The molecular weight excluding hydrogens is 264 g/mol. The molecule has 98 valence electrons. The zero-order chi connectivity index (χ0) is 14.0. The number of carbonyl (C=O) groups excluding carboxylic acids is 2.